The minimum Gasteiger partial charge on any atom is -0.350 e. The molecule has 28 heavy (non-hydrogen) atoms. The van der Waals surface area contributed by atoms with Gasteiger partial charge >= 0.3 is 0 Å². The number of piperidine rings is 1. The van der Waals surface area contributed by atoms with E-state index >= 15 is 0 Å². The van der Waals surface area contributed by atoms with Gasteiger partial charge in [0, 0.05) is 43.0 Å². The molecule has 1 N–H and O–H groups in total. The molecule has 0 bridgehead atoms. The topological polar surface area (TPSA) is 67.2 Å². The number of rotatable bonds is 6. The van der Waals surface area contributed by atoms with Gasteiger partial charge in [0.2, 0.25) is 11.8 Å². The molecule has 1 atom stereocenters. The normalized spacial score (nSPS) is 19.0. The molecule has 1 saturated heterocycles. The van der Waals surface area contributed by atoms with Crippen LogP contribution >= 0.6 is 23.4 Å². The van der Waals surface area contributed by atoms with Gasteiger partial charge in [-0.15, -0.1) is 0 Å². The number of aryl methyl sites for hydroxylation is 1. The fraction of sp³-hybridized carbons (Fsp3) is 0.450. The van der Waals surface area contributed by atoms with Gasteiger partial charge in [0.1, 0.15) is 0 Å². The minimum absolute atomic E-state index is 0.00445. The maximum absolute atomic E-state index is 12.6. The maximum atomic E-state index is 12.6. The molecule has 0 unspecified atom stereocenters. The Morgan fingerprint density at radius 2 is 2.14 bits per heavy atom. The number of imidazole rings is 1. The van der Waals surface area contributed by atoms with Gasteiger partial charge in [-0.3, -0.25) is 9.59 Å². The van der Waals surface area contributed by atoms with Crippen molar-refractivity contribution >= 4 is 35.2 Å². The number of hydrogen-bond acceptors (Lipinski definition) is 4. The lowest BCUT2D eigenvalue weighted by Crippen LogP contribution is -2.46. The van der Waals surface area contributed by atoms with Crippen molar-refractivity contribution in [3.63, 3.8) is 0 Å². The number of halogens is 1. The maximum Gasteiger partial charge on any atom is 0.225 e. The second-order valence-electron chi connectivity index (χ2n) is 7.23. The molecule has 0 radical (unpaired) electrons. The summed E-state index contributed by atoms with van der Waals surface area (Å²) in [5.41, 5.74) is 2.02. The van der Waals surface area contributed by atoms with E-state index in [4.69, 9.17) is 11.6 Å². The molecule has 0 spiro atoms. The Hall–Kier alpha value is -1.99. The highest BCUT2D eigenvalue weighted by Gasteiger charge is 2.30. The first-order valence-corrected chi connectivity index (χ1v) is 10.9. The third-order valence-corrected chi connectivity index (χ3v) is 6.47. The fourth-order valence-corrected chi connectivity index (χ4v) is 4.72. The van der Waals surface area contributed by atoms with E-state index in [1.54, 1.807) is 11.8 Å². The van der Waals surface area contributed by atoms with Crippen LogP contribution in [0.4, 0.5) is 0 Å². The summed E-state index contributed by atoms with van der Waals surface area (Å²) in [6.07, 6.45) is 3.80. The molecule has 0 aliphatic carbocycles. The number of likely N-dealkylation sites (tertiary alicyclic amines) is 1. The van der Waals surface area contributed by atoms with Crippen LogP contribution in [-0.2, 0) is 29.1 Å². The number of nitrogens with one attached hydrogen (secondary N) is 1. The highest BCUT2D eigenvalue weighted by molar-refractivity contribution is 7.99. The average molecular weight is 419 g/mol. The Bertz CT molecular complexity index is 846. The van der Waals surface area contributed by atoms with Gasteiger partial charge in [-0.2, -0.15) is 0 Å². The molecule has 4 rings (SSSR count). The van der Waals surface area contributed by atoms with Gasteiger partial charge in [-0.05, 0) is 30.5 Å². The zero-order valence-corrected chi connectivity index (χ0v) is 17.1. The summed E-state index contributed by atoms with van der Waals surface area (Å²) in [4.78, 5) is 31.2. The van der Waals surface area contributed by atoms with Crippen molar-refractivity contribution in [3.8, 4) is 0 Å². The minimum atomic E-state index is -0.160. The highest BCUT2D eigenvalue weighted by atomic mass is 35.5. The number of nitrogens with zero attached hydrogens (tertiary/aromatic N) is 3. The lowest BCUT2D eigenvalue weighted by atomic mass is 9.96. The zero-order valence-electron chi connectivity index (χ0n) is 15.6. The Morgan fingerprint density at radius 3 is 2.93 bits per heavy atom. The van der Waals surface area contributed by atoms with E-state index in [-0.39, 0.29) is 17.7 Å². The monoisotopic (exact) mass is 418 g/mol. The summed E-state index contributed by atoms with van der Waals surface area (Å²) < 4.78 is 2.13. The smallest absolute Gasteiger partial charge is 0.225 e. The molecule has 3 heterocycles. The number of fused-ring (bicyclic) bond motifs is 1. The van der Waals surface area contributed by atoms with E-state index in [2.05, 4.69) is 14.9 Å². The molecular formula is C20H23ClN4O2S. The second-order valence-corrected chi connectivity index (χ2v) is 8.72. The van der Waals surface area contributed by atoms with Gasteiger partial charge in [0.15, 0.2) is 5.16 Å². The number of carbonyl (C=O) groups excluding carboxylic acids is 2. The average Bonchev–Trinajstić information content (AvgIpc) is 3.28. The first-order valence-electron chi connectivity index (χ1n) is 9.57. The van der Waals surface area contributed by atoms with Crippen LogP contribution in [0.3, 0.4) is 0 Å². The molecule has 1 aromatic heterocycles. The highest BCUT2D eigenvalue weighted by Crippen LogP contribution is 2.24. The molecule has 2 aliphatic heterocycles. The number of amides is 2. The molecule has 148 valence electrons. The molecule has 2 aromatic rings. The number of aromatic nitrogens is 2. The molecule has 6 nitrogen and oxygen atoms in total. The van der Waals surface area contributed by atoms with Crippen LogP contribution in [0.5, 0.6) is 0 Å². The van der Waals surface area contributed by atoms with Crippen molar-refractivity contribution in [1.29, 1.82) is 0 Å². The Labute approximate surface area is 173 Å². The third-order valence-electron chi connectivity index (χ3n) is 5.25. The molecule has 0 saturated carbocycles. The van der Waals surface area contributed by atoms with Gasteiger partial charge in [-0.1, -0.05) is 35.5 Å². The van der Waals surface area contributed by atoms with Crippen molar-refractivity contribution in [2.24, 2.45) is 5.92 Å². The van der Waals surface area contributed by atoms with Crippen LogP contribution in [0, 0.1) is 5.92 Å². The van der Waals surface area contributed by atoms with E-state index in [0.29, 0.717) is 37.5 Å². The van der Waals surface area contributed by atoms with Crippen LogP contribution < -0.4 is 5.32 Å². The molecule has 2 aliphatic rings. The summed E-state index contributed by atoms with van der Waals surface area (Å²) in [6, 6.07) is 7.66. The van der Waals surface area contributed by atoms with Gasteiger partial charge in [0.25, 0.3) is 0 Å². The summed E-state index contributed by atoms with van der Waals surface area (Å²) in [5.74, 6) is 1.04. The first-order chi connectivity index (χ1) is 13.6. The number of carbonyl (C=O) groups is 2. The van der Waals surface area contributed by atoms with Crippen LogP contribution in [-0.4, -0.2) is 45.1 Å². The van der Waals surface area contributed by atoms with E-state index < -0.39 is 0 Å². The third kappa shape index (κ3) is 4.52. The van der Waals surface area contributed by atoms with Gasteiger partial charge < -0.3 is 14.8 Å². The lowest BCUT2D eigenvalue weighted by Gasteiger charge is -2.32. The van der Waals surface area contributed by atoms with Crippen molar-refractivity contribution in [2.75, 3.05) is 18.8 Å². The van der Waals surface area contributed by atoms with Crippen molar-refractivity contribution < 1.29 is 9.59 Å². The predicted octanol–water partition coefficient (Wildman–Crippen LogP) is 2.74. The van der Waals surface area contributed by atoms with Crippen LogP contribution in [0.1, 0.15) is 24.1 Å². The predicted molar refractivity (Wildman–Crippen MR) is 109 cm³/mol. The quantitative estimate of drug-likeness (QED) is 0.783. The fourth-order valence-electron chi connectivity index (χ4n) is 3.63. The summed E-state index contributed by atoms with van der Waals surface area (Å²) in [7, 11) is 0. The van der Waals surface area contributed by atoms with Crippen molar-refractivity contribution in [2.45, 2.75) is 37.5 Å². The summed E-state index contributed by atoms with van der Waals surface area (Å²) in [5, 5.41) is 4.73. The van der Waals surface area contributed by atoms with E-state index in [9.17, 15) is 9.59 Å². The largest absolute Gasteiger partial charge is 0.350 e. The zero-order chi connectivity index (χ0) is 19.5. The molecule has 1 aromatic carbocycles. The number of thioether (sulfide) groups is 1. The SMILES string of the molecule is O=C(NCc1cn2c(n1)SCC2)[C@H]1CCC(=O)N(CCc2ccc(Cl)cc2)C1. The van der Waals surface area contributed by atoms with Crippen LogP contribution in [0.15, 0.2) is 35.6 Å². The number of benzene rings is 1. The molecule has 8 heteroatoms. The van der Waals surface area contributed by atoms with Gasteiger partial charge in [0.05, 0.1) is 18.2 Å². The van der Waals surface area contributed by atoms with Crippen molar-refractivity contribution in [1.82, 2.24) is 19.8 Å². The standard InChI is InChI=1S/C20H23ClN4O2S/c21-16-4-1-14(2-5-16)7-8-24-12-15(3-6-18(24)26)19(27)22-11-17-13-25-9-10-28-20(25)23-17/h1-2,4-5,13,15H,3,6-12H2,(H,22,27)/t15-/m0/s1. The van der Waals surface area contributed by atoms with E-state index in [1.807, 2.05) is 35.4 Å². The molecule has 1 fully saturated rings. The van der Waals surface area contributed by atoms with E-state index in [0.717, 1.165) is 35.1 Å². The Kier molecular flexibility index (Phi) is 5.92. The molecular weight excluding hydrogens is 396 g/mol. The van der Waals surface area contributed by atoms with Crippen molar-refractivity contribution in [3.05, 3.63) is 46.7 Å². The Balaban J connectivity index is 1.28. The first kappa shape index (κ1) is 19.3. The molecule has 2 amide bonds. The summed E-state index contributed by atoms with van der Waals surface area (Å²) in [6.45, 7) is 2.52. The summed E-state index contributed by atoms with van der Waals surface area (Å²) >= 11 is 7.66. The second kappa shape index (κ2) is 8.57. The van der Waals surface area contributed by atoms with Crippen LogP contribution in [0.2, 0.25) is 5.02 Å². The van der Waals surface area contributed by atoms with Gasteiger partial charge in [-0.25, -0.2) is 4.98 Å². The Morgan fingerprint density at radius 1 is 1.32 bits per heavy atom. The number of hydrogen-bond donors (Lipinski definition) is 1. The van der Waals surface area contributed by atoms with E-state index in [1.165, 1.54) is 0 Å². The van der Waals surface area contributed by atoms with Crippen LogP contribution in [0.25, 0.3) is 0 Å². The lowest BCUT2D eigenvalue weighted by molar-refractivity contribution is -0.138.